The van der Waals surface area contributed by atoms with E-state index in [1.54, 1.807) is 43.4 Å². The summed E-state index contributed by atoms with van der Waals surface area (Å²) in [5.74, 6) is 0.751. The highest BCUT2D eigenvalue weighted by atomic mass is 16.5. The molecule has 0 aromatic heterocycles. The first-order chi connectivity index (χ1) is 15.6. The van der Waals surface area contributed by atoms with Gasteiger partial charge in [0.1, 0.15) is 6.04 Å². The Bertz CT molecular complexity index is 1040. The number of nitrogens with one attached hydrogen (secondary N) is 1. The third-order valence-electron chi connectivity index (χ3n) is 5.21. The Hall–Kier alpha value is -3.80. The highest BCUT2D eigenvalue weighted by Gasteiger charge is 2.27. The summed E-state index contributed by atoms with van der Waals surface area (Å²) in [6, 6.07) is 22.9. The number of amides is 2. The largest absolute Gasteiger partial charge is 0.493 e. The Labute approximate surface area is 188 Å². The van der Waals surface area contributed by atoms with Gasteiger partial charge in [-0.05, 0) is 42.3 Å². The van der Waals surface area contributed by atoms with Crippen molar-refractivity contribution in [1.29, 1.82) is 0 Å². The summed E-state index contributed by atoms with van der Waals surface area (Å²) in [5.41, 5.74) is 2.13. The molecule has 0 heterocycles. The summed E-state index contributed by atoms with van der Waals surface area (Å²) in [7, 11) is 3.16. The number of hydrogen-bond acceptors (Lipinski definition) is 4. The molecule has 0 bridgehead atoms. The van der Waals surface area contributed by atoms with Crippen molar-refractivity contribution in [3.05, 3.63) is 95.6 Å². The minimum Gasteiger partial charge on any atom is -0.493 e. The van der Waals surface area contributed by atoms with E-state index < -0.39 is 6.04 Å². The van der Waals surface area contributed by atoms with Crippen LogP contribution in [0.5, 0.6) is 11.5 Å². The van der Waals surface area contributed by atoms with E-state index in [9.17, 15) is 9.59 Å². The van der Waals surface area contributed by atoms with Gasteiger partial charge in [-0.1, -0.05) is 54.6 Å². The number of ether oxygens (including phenoxy) is 2. The molecule has 1 unspecified atom stereocenters. The second-order valence-corrected chi connectivity index (χ2v) is 7.22. The molecule has 1 atom stereocenters. The third-order valence-corrected chi connectivity index (χ3v) is 5.21. The molecule has 3 aromatic carbocycles. The summed E-state index contributed by atoms with van der Waals surface area (Å²) in [4.78, 5) is 28.1. The van der Waals surface area contributed by atoms with Gasteiger partial charge in [-0.25, -0.2) is 0 Å². The molecule has 0 fully saturated rings. The minimum absolute atomic E-state index is 0.183. The summed E-state index contributed by atoms with van der Waals surface area (Å²) in [6.07, 6.45) is 0. The van der Waals surface area contributed by atoms with Crippen molar-refractivity contribution >= 4 is 11.8 Å². The average Bonchev–Trinajstić information content (AvgIpc) is 2.86. The van der Waals surface area contributed by atoms with E-state index in [0.29, 0.717) is 30.2 Å². The van der Waals surface area contributed by atoms with Crippen LogP contribution >= 0.6 is 0 Å². The molecule has 1 N–H and O–H groups in total. The molecular formula is C26H28N2O4. The van der Waals surface area contributed by atoms with Gasteiger partial charge in [0.2, 0.25) is 5.91 Å². The van der Waals surface area contributed by atoms with E-state index >= 15 is 0 Å². The van der Waals surface area contributed by atoms with E-state index in [0.717, 1.165) is 11.1 Å². The zero-order valence-corrected chi connectivity index (χ0v) is 18.6. The van der Waals surface area contributed by atoms with Crippen LogP contribution in [0, 0.1) is 0 Å². The maximum atomic E-state index is 13.6. The van der Waals surface area contributed by atoms with Crippen molar-refractivity contribution in [3.8, 4) is 11.5 Å². The lowest BCUT2D eigenvalue weighted by Crippen LogP contribution is -2.42. The van der Waals surface area contributed by atoms with Crippen LogP contribution in [0.4, 0.5) is 0 Å². The highest BCUT2D eigenvalue weighted by molar-refractivity contribution is 5.97. The zero-order valence-electron chi connectivity index (χ0n) is 18.6. The van der Waals surface area contributed by atoms with Gasteiger partial charge in [-0.3, -0.25) is 9.59 Å². The van der Waals surface area contributed by atoms with E-state index in [2.05, 4.69) is 5.32 Å². The lowest BCUT2D eigenvalue weighted by atomic mass is 10.0. The third kappa shape index (κ3) is 5.46. The molecule has 166 valence electrons. The predicted octanol–water partition coefficient (Wildman–Crippen LogP) is 4.22. The molecule has 0 spiro atoms. The summed E-state index contributed by atoms with van der Waals surface area (Å²) >= 11 is 0. The Kier molecular flexibility index (Phi) is 7.86. The monoisotopic (exact) mass is 432 g/mol. The van der Waals surface area contributed by atoms with E-state index in [1.165, 1.54) is 0 Å². The van der Waals surface area contributed by atoms with Crippen molar-refractivity contribution in [2.24, 2.45) is 0 Å². The number of carbonyl (C=O) groups excluding carboxylic acids is 2. The summed E-state index contributed by atoms with van der Waals surface area (Å²) in [5, 5.41) is 2.92. The van der Waals surface area contributed by atoms with E-state index in [1.807, 2.05) is 61.5 Å². The van der Waals surface area contributed by atoms with Gasteiger partial charge in [0.15, 0.2) is 11.5 Å². The van der Waals surface area contributed by atoms with Gasteiger partial charge in [0.05, 0.1) is 14.2 Å². The summed E-state index contributed by atoms with van der Waals surface area (Å²) in [6.45, 7) is 2.78. The minimum atomic E-state index is -0.802. The second kappa shape index (κ2) is 11.0. The Morgan fingerprint density at radius 1 is 0.875 bits per heavy atom. The number of benzene rings is 3. The first-order valence-corrected chi connectivity index (χ1v) is 10.5. The number of nitrogens with zero attached hydrogens (tertiary/aromatic N) is 1. The van der Waals surface area contributed by atoms with Crippen molar-refractivity contribution in [2.75, 3.05) is 20.8 Å². The number of methoxy groups -OCH3 is 2. The lowest BCUT2D eigenvalue weighted by molar-refractivity contribution is -0.133. The SMILES string of the molecule is CCN(Cc1ccc(OC)c(OC)c1)C(=O)C(NC(=O)c1ccccc1)c1ccccc1. The van der Waals surface area contributed by atoms with Crippen LogP contribution in [-0.2, 0) is 11.3 Å². The molecule has 0 saturated carbocycles. The molecule has 0 aliphatic heterocycles. The first kappa shape index (κ1) is 22.9. The number of rotatable bonds is 9. The number of likely N-dealkylation sites (N-methyl/N-ethyl adjacent to an activating group) is 1. The molecule has 3 aromatic rings. The van der Waals surface area contributed by atoms with Crippen LogP contribution in [0.25, 0.3) is 0 Å². The smallest absolute Gasteiger partial charge is 0.252 e. The standard InChI is InChI=1S/C26H28N2O4/c1-4-28(18-19-15-16-22(31-2)23(17-19)32-3)26(30)24(20-11-7-5-8-12-20)27-25(29)21-13-9-6-10-14-21/h5-17,24H,4,18H2,1-3H3,(H,27,29). The predicted molar refractivity (Wildman–Crippen MR) is 124 cm³/mol. The van der Waals surface area contributed by atoms with Crippen LogP contribution in [0.2, 0.25) is 0 Å². The van der Waals surface area contributed by atoms with Crippen LogP contribution < -0.4 is 14.8 Å². The Balaban J connectivity index is 1.86. The van der Waals surface area contributed by atoms with Crippen molar-refractivity contribution in [1.82, 2.24) is 10.2 Å². The van der Waals surface area contributed by atoms with Gasteiger partial charge >= 0.3 is 0 Å². The lowest BCUT2D eigenvalue weighted by Gasteiger charge is -2.27. The van der Waals surface area contributed by atoms with Crippen molar-refractivity contribution < 1.29 is 19.1 Å². The maximum Gasteiger partial charge on any atom is 0.252 e. The maximum absolute atomic E-state index is 13.6. The molecule has 2 amide bonds. The van der Waals surface area contributed by atoms with Crippen LogP contribution in [-0.4, -0.2) is 37.5 Å². The fourth-order valence-electron chi connectivity index (χ4n) is 3.46. The molecule has 3 rings (SSSR count). The molecule has 32 heavy (non-hydrogen) atoms. The highest BCUT2D eigenvalue weighted by Crippen LogP contribution is 2.28. The van der Waals surface area contributed by atoms with Crippen molar-refractivity contribution in [3.63, 3.8) is 0 Å². The van der Waals surface area contributed by atoms with Crippen LogP contribution in [0.15, 0.2) is 78.9 Å². The fraction of sp³-hybridized carbons (Fsp3) is 0.231. The molecule has 6 heteroatoms. The molecule has 0 radical (unpaired) electrons. The van der Waals surface area contributed by atoms with Gasteiger partial charge in [-0.2, -0.15) is 0 Å². The number of carbonyl (C=O) groups is 2. The molecule has 0 saturated heterocycles. The van der Waals surface area contributed by atoms with Crippen molar-refractivity contribution in [2.45, 2.75) is 19.5 Å². The number of hydrogen-bond donors (Lipinski definition) is 1. The quantitative estimate of drug-likeness (QED) is 0.550. The molecule has 6 nitrogen and oxygen atoms in total. The zero-order chi connectivity index (χ0) is 22.9. The van der Waals surface area contributed by atoms with Crippen LogP contribution in [0.1, 0.15) is 34.5 Å². The van der Waals surface area contributed by atoms with E-state index in [4.69, 9.17) is 9.47 Å². The molecule has 0 aliphatic rings. The molecule has 0 aliphatic carbocycles. The topological polar surface area (TPSA) is 67.9 Å². The second-order valence-electron chi connectivity index (χ2n) is 7.22. The van der Waals surface area contributed by atoms with Gasteiger partial charge < -0.3 is 19.7 Å². The van der Waals surface area contributed by atoms with Gasteiger partial charge in [0.25, 0.3) is 5.91 Å². The molecular weight excluding hydrogens is 404 g/mol. The summed E-state index contributed by atoms with van der Waals surface area (Å²) < 4.78 is 10.7. The Morgan fingerprint density at radius 2 is 1.50 bits per heavy atom. The fourth-order valence-corrected chi connectivity index (χ4v) is 3.46. The average molecular weight is 433 g/mol. The van der Waals surface area contributed by atoms with Gasteiger partial charge in [-0.15, -0.1) is 0 Å². The van der Waals surface area contributed by atoms with E-state index in [-0.39, 0.29) is 11.8 Å². The normalized spacial score (nSPS) is 11.3. The first-order valence-electron chi connectivity index (χ1n) is 10.5. The van der Waals surface area contributed by atoms with Gasteiger partial charge in [0, 0.05) is 18.7 Å². The van der Waals surface area contributed by atoms with Crippen LogP contribution in [0.3, 0.4) is 0 Å². The Morgan fingerprint density at radius 3 is 2.09 bits per heavy atom.